The number of hydrogen-bond acceptors (Lipinski definition) is 0. The van der Waals surface area contributed by atoms with E-state index in [0.29, 0.717) is 5.41 Å². The van der Waals surface area contributed by atoms with Crippen LogP contribution >= 0.6 is 0 Å². The van der Waals surface area contributed by atoms with Crippen LogP contribution in [0, 0.1) is 23.7 Å². The molecule has 170 valence electrons. The molecule has 0 saturated heterocycles. The van der Waals surface area contributed by atoms with E-state index in [2.05, 4.69) is 48.5 Å². The Bertz CT molecular complexity index is 1000. The third kappa shape index (κ3) is 4.09. The molecule has 6 aliphatic rings. The van der Waals surface area contributed by atoms with Crippen LogP contribution in [-0.4, -0.2) is 0 Å². The van der Waals surface area contributed by atoms with Gasteiger partial charge in [-0.25, -0.2) is 0 Å². The summed E-state index contributed by atoms with van der Waals surface area (Å²) in [5.74, 6) is 4.00. The van der Waals surface area contributed by atoms with Crippen LogP contribution in [0.3, 0.4) is 0 Å². The summed E-state index contributed by atoms with van der Waals surface area (Å²) >= 11 is 0. The summed E-state index contributed by atoms with van der Waals surface area (Å²) in [6, 6.07) is 17.0. The van der Waals surface area contributed by atoms with E-state index in [0.717, 1.165) is 23.7 Å². The second-order valence-electron chi connectivity index (χ2n) is 12.3. The molecule has 4 bridgehead atoms. The van der Waals surface area contributed by atoms with Crippen molar-refractivity contribution in [3.8, 4) is 11.1 Å². The molecule has 5 saturated carbocycles. The summed E-state index contributed by atoms with van der Waals surface area (Å²) in [5, 5.41) is 0. The smallest absolute Gasteiger partial charge is 0 e. The fourth-order valence-corrected chi connectivity index (χ4v) is 9.05. The van der Waals surface area contributed by atoms with Gasteiger partial charge in [0.25, 0.3) is 0 Å². The minimum absolute atomic E-state index is 0. The maximum absolute atomic E-state index is 2.56. The second-order valence-corrected chi connectivity index (χ2v) is 12.3. The molecule has 0 spiro atoms. The van der Waals surface area contributed by atoms with Crippen LogP contribution in [0.25, 0.3) is 17.2 Å². The van der Waals surface area contributed by atoms with Crippen molar-refractivity contribution in [2.45, 2.75) is 88.9 Å². The molecule has 2 aromatic rings. The summed E-state index contributed by atoms with van der Waals surface area (Å²) < 4.78 is 0. The van der Waals surface area contributed by atoms with Gasteiger partial charge in [-0.05, 0) is 108 Å². The fourth-order valence-electron chi connectivity index (χ4n) is 9.05. The van der Waals surface area contributed by atoms with Crippen molar-refractivity contribution >= 4 is 6.08 Å². The number of rotatable bonds is 4. The molecule has 0 unspecified atom stereocenters. The first-order chi connectivity index (χ1) is 15.7. The summed E-state index contributed by atoms with van der Waals surface area (Å²) in [6.07, 6.45) is 21.3. The molecule has 0 heterocycles. The van der Waals surface area contributed by atoms with Gasteiger partial charge in [0, 0.05) is 26.2 Å². The van der Waals surface area contributed by atoms with Gasteiger partial charge in [-0.1, -0.05) is 86.2 Å². The topological polar surface area (TPSA) is 0 Å². The van der Waals surface area contributed by atoms with Crippen molar-refractivity contribution in [1.29, 1.82) is 0 Å². The van der Waals surface area contributed by atoms with Crippen LogP contribution in [0.4, 0.5) is 0 Å². The van der Waals surface area contributed by atoms with Crippen molar-refractivity contribution in [3.63, 3.8) is 0 Å². The number of fused-ring (bicyclic) bond motifs is 1. The summed E-state index contributed by atoms with van der Waals surface area (Å²) in [5.41, 5.74) is 9.80. The van der Waals surface area contributed by atoms with Gasteiger partial charge in [0.1, 0.15) is 0 Å². The van der Waals surface area contributed by atoms with Crippen LogP contribution in [0.1, 0.15) is 93.7 Å². The molecule has 8 rings (SSSR count). The van der Waals surface area contributed by atoms with E-state index in [9.17, 15) is 0 Å². The van der Waals surface area contributed by atoms with Gasteiger partial charge in [0.2, 0.25) is 0 Å². The molecule has 6 aliphatic carbocycles. The van der Waals surface area contributed by atoms with Crippen LogP contribution in [-0.2, 0) is 38.0 Å². The first kappa shape index (κ1) is 22.5. The van der Waals surface area contributed by atoms with E-state index in [1.54, 1.807) is 16.7 Å². The van der Waals surface area contributed by atoms with Crippen molar-refractivity contribution in [2.24, 2.45) is 23.7 Å². The third-order valence-electron chi connectivity index (χ3n) is 10.1. The molecule has 33 heavy (non-hydrogen) atoms. The van der Waals surface area contributed by atoms with E-state index < -0.39 is 0 Å². The second kappa shape index (κ2) is 8.93. The van der Waals surface area contributed by atoms with Gasteiger partial charge in [-0.15, -0.1) is 0 Å². The van der Waals surface area contributed by atoms with Gasteiger partial charge >= 0.3 is 0 Å². The van der Waals surface area contributed by atoms with E-state index in [-0.39, 0.29) is 26.2 Å². The minimum Gasteiger partial charge on any atom is -0.0649 e. The van der Waals surface area contributed by atoms with E-state index in [1.165, 1.54) is 100 Å². The first-order valence-corrected chi connectivity index (χ1v) is 13.7. The molecular formula is C32H38Zr. The van der Waals surface area contributed by atoms with Crippen molar-refractivity contribution in [3.05, 3.63) is 64.7 Å². The van der Waals surface area contributed by atoms with Crippen LogP contribution in [0.5, 0.6) is 0 Å². The molecule has 5 fully saturated rings. The van der Waals surface area contributed by atoms with Crippen LogP contribution in [0.2, 0.25) is 0 Å². The van der Waals surface area contributed by atoms with Crippen molar-refractivity contribution < 1.29 is 26.2 Å². The van der Waals surface area contributed by atoms with Gasteiger partial charge in [0.15, 0.2) is 0 Å². The Morgan fingerprint density at radius 1 is 0.758 bits per heavy atom. The number of allylic oxidation sites excluding steroid dienone is 1. The molecule has 2 aromatic carbocycles. The van der Waals surface area contributed by atoms with Gasteiger partial charge in [-0.3, -0.25) is 0 Å². The Kier molecular flexibility index (Phi) is 6.10. The molecule has 0 aliphatic heterocycles. The predicted molar refractivity (Wildman–Crippen MR) is 135 cm³/mol. The SMILES string of the molecule is C1=C(CC2CCCCC2)Cc2cccc(-c3ccc(C45CC6CC(CC(C6)C4)C5)cc3)c21.[Zr]. The summed E-state index contributed by atoms with van der Waals surface area (Å²) in [7, 11) is 0. The average molecular weight is 514 g/mol. The predicted octanol–water partition coefficient (Wildman–Crippen LogP) is 8.73. The van der Waals surface area contributed by atoms with E-state index in [1.807, 2.05) is 0 Å². The van der Waals surface area contributed by atoms with Crippen LogP contribution < -0.4 is 0 Å². The summed E-state index contributed by atoms with van der Waals surface area (Å²) in [4.78, 5) is 0. The zero-order chi connectivity index (χ0) is 21.1. The van der Waals surface area contributed by atoms with Gasteiger partial charge in [-0.2, -0.15) is 0 Å². The van der Waals surface area contributed by atoms with E-state index >= 15 is 0 Å². The molecule has 0 aromatic heterocycles. The maximum Gasteiger partial charge on any atom is 0 e. The maximum atomic E-state index is 2.56. The summed E-state index contributed by atoms with van der Waals surface area (Å²) in [6.45, 7) is 0. The molecule has 1 heteroatoms. The van der Waals surface area contributed by atoms with Crippen molar-refractivity contribution in [1.82, 2.24) is 0 Å². The van der Waals surface area contributed by atoms with E-state index in [4.69, 9.17) is 0 Å². The Morgan fingerprint density at radius 2 is 1.42 bits per heavy atom. The zero-order valence-corrected chi connectivity index (χ0v) is 22.6. The van der Waals surface area contributed by atoms with Crippen LogP contribution in [0.15, 0.2) is 48.0 Å². The molecule has 0 N–H and O–H groups in total. The largest absolute Gasteiger partial charge is 0.0649 e. The quantitative estimate of drug-likeness (QED) is 0.383. The monoisotopic (exact) mass is 512 g/mol. The standard InChI is InChI=1S/C32H38.Zr/c1-2-5-22(6-3-1)13-23-17-28-7-4-8-30(31(28)18-23)27-9-11-29(12-10-27)32-19-24-14-25(20-32)16-26(15-24)21-32;/h4,7-12,18,22,24-26H,1-3,5-6,13-17,19-21H2;. The number of hydrogen-bond donors (Lipinski definition) is 0. The molecular weight excluding hydrogens is 476 g/mol. The van der Waals surface area contributed by atoms with Gasteiger partial charge in [0.05, 0.1) is 0 Å². The molecule has 0 radical (unpaired) electrons. The Labute approximate surface area is 219 Å². The average Bonchev–Trinajstić information content (AvgIpc) is 3.21. The molecule has 0 atom stereocenters. The number of benzene rings is 2. The Hall–Kier alpha value is -0.937. The van der Waals surface area contributed by atoms with Crippen molar-refractivity contribution in [2.75, 3.05) is 0 Å². The third-order valence-corrected chi connectivity index (χ3v) is 10.1. The first-order valence-electron chi connectivity index (χ1n) is 13.7. The minimum atomic E-state index is 0. The van der Waals surface area contributed by atoms with Gasteiger partial charge < -0.3 is 0 Å². The normalized spacial score (nSPS) is 32.4. The Morgan fingerprint density at radius 3 is 2.09 bits per heavy atom. The fraction of sp³-hybridized carbons (Fsp3) is 0.562. The molecule has 0 nitrogen and oxygen atoms in total. The zero-order valence-electron chi connectivity index (χ0n) is 20.1. The molecule has 0 amide bonds. The Balaban J connectivity index is 0.00000206.